The number of carbonyl (C=O) groups excluding carboxylic acids is 1. The number of hydrogen-bond donors (Lipinski definition) is 0. The molecular weight excluding hydrogens is 332 g/mol. The summed E-state index contributed by atoms with van der Waals surface area (Å²) in [5.41, 5.74) is 1.03. The number of nitriles is 1. The first-order valence-electron chi connectivity index (χ1n) is 8.57. The van der Waals surface area contributed by atoms with Gasteiger partial charge in [0.25, 0.3) is 5.91 Å². The van der Waals surface area contributed by atoms with E-state index in [4.69, 9.17) is 9.16 Å². The average molecular weight is 361 g/mol. The summed E-state index contributed by atoms with van der Waals surface area (Å²) < 4.78 is 11.7. The van der Waals surface area contributed by atoms with E-state index in [0.717, 1.165) is 5.56 Å². The molecule has 0 saturated carbocycles. The molecule has 1 heterocycles. The highest BCUT2D eigenvalue weighted by Crippen LogP contribution is 2.39. The molecule has 6 heteroatoms. The molecule has 1 aromatic rings. The van der Waals surface area contributed by atoms with Gasteiger partial charge in [-0.3, -0.25) is 4.79 Å². The number of likely N-dealkylation sites (tertiary alicyclic amines) is 1. The normalized spacial score (nSPS) is 22.3. The van der Waals surface area contributed by atoms with Crippen molar-refractivity contribution in [2.45, 2.75) is 63.7 Å². The Labute approximate surface area is 151 Å². The summed E-state index contributed by atoms with van der Waals surface area (Å²) in [6, 6.07) is 11.7. The number of nitrogens with zero attached hydrogens (tertiary/aromatic N) is 2. The summed E-state index contributed by atoms with van der Waals surface area (Å²) in [4.78, 5) is 14.1. The smallest absolute Gasteiger partial charge is 0.254 e. The molecule has 1 fully saturated rings. The minimum absolute atomic E-state index is 0.0112. The lowest BCUT2D eigenvalue weighted by atomic mass is 9.92. The zero-order valence-electron chi connectivity index (χ0n) is 15.9. The highest BCUT2D eigenvalue weighted by molar-refractivity contribution is 6.74. The third-order valence-corrected chi connectivity index (χ3v) is 9.77. The van der Waals surface area contributed by atoms with Crippen LogP contribution in [0.3, 0.4) is 0 Å². The fraction of sp³-hybridized carbons (Fsp3) is 0.579. The zero-order valence-corrected chi connectivity index (χ0v) is 16.9. The molecule has 0 radical (unpaired) electrons. The van der Waals surface area contributed by atoms with Gasteiger partial charge in [0.05, 0.1) is 6.07 Å². The Morgan fingerprint density at radius 2 is 1.88 bits per heavy atom. The van der Waals surface area contributed by atoms with E-state index < -0.39 is 20.5 Å². The molecule has 0 N–H and O–H groups in total. The number of methoxy groups -OCH3 is 1. The van der Waals surface area contributed by atoms with Crippen LogP contribution in [0, 0.1) is 11.3 Å². The molecule has 0 unspecified atom stereocenters. The molecule has 0 aliphatic carbocycles. The van der Waals surface area contributed by atoms with Gasteiger partial charge in [0.15, 0.2) is 20.5 Å². The van der Waals surface area contributed by atoms with E-state index in [2.05, 4.69) is 39.9 Å². The highest BCUT2D eigenvalue weighted by atomic mass is 28.4. The van der Waals surface area contributed by atoms with Crippen LogP contribution in [0.1, 0.15) is 26.3 Å². The topological polar surface area (TPSA) is 62.6 Å². The molecular formula is C19H28N2O3Si. The van der Waals surface area contributed by atoms with Crippen LogP contribution in [0.2, 0.25) is 18.1 Å². The summed E-state index contributed by atoms with van der Waals surface area (Å²) in [6.45, 7) is 11.1. The highest BCUT2D eigenvalue weighted by Gasteiger charge is 2.54. The summed E-state index contributed by atoms with van der Waals surface area (Å²) in [7, 11) is -0.626. The molecule has 1 aromatic carbocycles. The molecule has 3 atom stereocenters. The van der Waals surface area contributed by atoms with E-state index in [1.807, 2.05) is 30.3 Å². The Balaban J connectivity index is 2.22. The van der Waals surface area contributed by atoms with Crippen LogP contribution in [0.4, 0.5) is 0 Å². The van der Waals surface area contributed by atoms with Crippen LogP contribution in [0.5, 0.6) is 0 Å². The van der Waals surface area contributed by atoms with Crippen molar-refractivity contribution >= 4 is 14.2 Å². The summed E-state index contributed by atoms with van der Waals surface area (Å²) in [5, 5.41) is 9.72. The van der Waals surface area contributed by atoms with Gasteiger partial charge in [0.1, 0.15) is 6.04 Å². The SMILES string of the molecule is CO[C@H]1C(=O)N(Cc2ccccc2)[C@H]1[C@@H](C#N)O[Si](C)(C)C(C)(C)C. The Morgan fingerprint density at radius 1 is 1.28 bits per heavy atom. The lowest BCUT2D eigenvalue weighted by Gasteiger charge is -2.50. The molecule has 0 aromatic heterocycles. The van der Waals surface area contributed by atoms with E-state index in [-0.39, 0.29) is 17.0 Å². The zero-order chi connectivity index (χ0) is 18.8. The van der Waals surface area contributed by atoms with Gasteiger partial charge in [0, 0.05) is 13.7 Å². The van der Waals surface area contributed by atoms with Crippen LogP contribution in [-0.2, 0) is 20.5 Å². The van der Waals surface area contributed by atoms with Crippen molar-refractivity contribution in [2.75, 3.05) is 7.11 Å². The van der Waals surface area contributed by atoms with Crippen LogP contribution >= 0.6 is 0 Å². The first kappa shape index (κ1) is 19.6. The molecule has 2 rings (SSSR count). The van der Waals surface area contributed by atoms with Gasteiger partial charge in [0.2, 0.25) is 0 Å². The van der Waals surface area contributed by atoms with E-state index in [1.165, 1.54) is 7.11 Å². The molecule has 25 heavy (non-hydrogen) atoms. The third kappa shape index (κ3) is 3.95. The third-order valence-electron chi connectivity index (χ3n) is 5.31. The average Bonchev–Trinajstić information content (AvgIpc) is 2.55. The van der Waals surface area contributed by atoms with Gasteiger partial charge in [-0.1, -0.05) is 51.1 Å². The standard InChI is InChI=1S/C19H28N2O3Si/c1-19(2,3)25(5,6)24-15(12-20)16-17(23-4)18(22)21(16)13-14-10-8-7-9-11-14/h7-11,15-17H,13H2,1-6H3/t15-,16+,17-/m1/s1. The fourth-order valence-corrected chi connectivity index (χ4v) is 3.91. The Bertz CT molecular complexity index is 649. The summed E-state index contributed by atoms with van der Waals surface area (Å²) >= 11 is 0. The van der Waals surface area contributed by atoms with Crippen LogP contribution < -0.4 is 0 Å². The monoisotopic (exact) mass is 360 g/mol. The fourth-order valence-electron chi connectivity index (χ4n) is 2.73. The van der Waals surface area contributed by atoms with Gasteiger partial charge in [-0.15, -0.1) is 0 Å². The van der Waals surface area contributed by atoms with Gasteiger partial charge in [-0.25, -0.2) is 0 Å². The number of hydrogen-bond acceptors (Lipinski definition) is 4. The van der Waals surface area contributed by atoms with E-state index in [0.29, 0.717) is 6.54 Å². The van der Waals surface area contributed by atoms with Gasteiger partial charge >= 0.3 is 0 Å². The Hall–Kier alpha value is -1.68. The van der Waals surface area contributed by atoms with E-state index in [9.17, 15) is 10.1 Å². The predicted octanol–water partition coefficient (Wildman–Crippen LogP) is 3.33. The lowest BCUT2D eigenvalue weighted by molar-refractivity contribution is -0.178. The van der Waals surface area contributed by atoms with Gasteiger partial charge in [-0.2, -0.15) is 5.26 Å². The molecule has 5 nitrogen and oxygen atoms in total. The molecule has 136 valence electrons. The van der Waals surface area contributed by atoms with Crippen molar-refractivity contribution in [3.8, 4) is 6.07 Å². The van der Waals surface area contributed by atoms with Gasteiger partial charge < -0.3 is 14.1 Å². The summed E-state index contributed by atoms with van der Waals surface area (Å²) in [5.74, 6) is -0.0876. The Morgan fingerprint density at radius 3 is 2.36 bits per heavy atom. The van der Waals surface area contributed by atoms with Crippen LogP contribution in [-0.4, -0.2) is 44.5 Å². The van der Waals surface area contributed by atoms with Crippen LogP contribution in [0.25, 0.3) is 0 Å². The van der Waals surface area contributed by atoms with Crippen molar-refractivity contribution in [1.82, 2.24) is 4.90 Å². The van der Waals surface area contributed by atoms with Crippen molar-refractivity contribution in [1.29, 1.82) is 5.26 Å². The first-order valence-corrected chi connectivity index (χ1v) is 11.5. The predicted molar refractivity (Wildman–Crippen MR) is 99.3 cm³/mol. The maximum absolute atomic E-state index is 12.4. The number of ether oxygens (including phenoxy) is 1. The number of rotatable bonds is 6. The minimum Gasteiger partial charge on any atom is -0.400 e. The van der Waals surface area contributed by atoms with E-state index in [1.54, 1.807) is 4.90 Å². The molecule has 1 amide bonds. The van der Waals surface area contributed by atoms with Crippen molar-refractivity contribution < 1.29 is 14.0 Å². The van der Waals surface area contributed by atoms with Crippen molar-refractivity contribution in [3.05, 3.63) is 35.9 Å². The molecule has 0 spiro atoms. The summed E-state index contributed by atoms with van der Waals surface area (Å²) in [6.07, 6.45) is -1.30. The second kappa shape index (κ2) is 7.28. The van der Waals surface area contributed by atoms with E-state index >= 15 is 0 Å². The second-order valence-electron chi connectivity index (χ2n) is 8.03. The molecule has 1 aliphatic heterocycles. The quantitative estimate of drug-likeness (QED) is 0.577. The largest absolute Gasteiger partial charge is 0.400 e. The maximum Gasteiger partial charge on any atom is 0.254 e. The number of carbonyl (C=O) groups is 1. The maximum atomic E-state index is 12.4. The number of benzene rings is 1. The molecule has 1 aliphatic rings. The lowest BCUT2D eigenvalue weighted by Crippen LogP contribution is -2.70. The number of amides is 1. The second-order valence-corrected chi connectivity index (χ2v) is 12.8. The molecule has 1 saturated heterocycles. The number of β-lactam (4-membered cyclic amide) rings is 1. The van der Waals surface area contributed by atoms with Gasteiger partial charge in [-0.05, 0) is 23.7 Å². The minimum atomic E-state index is -2.14. The Kier molecular flexibility index (Phi) is 5.72. The van der Waals surface area contributed by atoms with Crippen molar-refractivity contribution in [2.24, 2.45) is 0 Å². The first-order chi connectivity index (χ1) is 11.6. The van der Waals surface area contributed by atoms with Crippen molar-refractivity contribution in [3.63, 3.8) is 0 Å². The van der Waals surface area contributed by atoms with Crippen LogP contribution in [0.15, 0.2) is 30.3 Å². The molecule has 0 bridgehead atoms.